The summed E-state index contributed by atoms with van der Waals surface area (Å²) in [5, 5.41) is 0. The third-order valence-electron chi connectivity index (χ3n) is 2.44. The summed E-state index contributed by atoms with van der Waals surface area (Å²) >= 11 is 0. The minimum atomic E-state index is -0.207. The molecule has 0 radical (unpaired) electrons. The van der Waals surface area contributed by atoms with Gasteiger partial charge in [-0.1, -0.05) is 20.3 Å². The van der Waals surface area contributed by atoms with Crippen LogP contribution < -0.4 is 4.74 Å². The lowest BCUT2D eigenvalue weighted by molar-refractivity contribution is 0.250. The van der Waals surface area contributed by atoms with Crippen LogP contribution in [0.3, 0.4) is 0 Å². The van der Waals surface area contributed by atoms with Crippen molar-refractivity contribution in [1.82, 2.24) is 0 Å². The molecule has 0 saturated carbocycles. The Kier molecular flexibility index (Phi) is 4.60. The third-order valence-corrected chi connectivity index (χ3v) is 2.44. The molecule has 1 atom stereocenters. The van der Waals surface area contributed by atoms with Crippen LogP contribution in [0.4, 0.5) is 4.39 Å². The van der Waals surface area contributed by atoms with Crippen molar-refractivity contribution >= 4 is 0 Å². The van der Waals surface area contributed by atoms with Crippen molar-refractivity contribution in [3.63, 3.8) is 0 Å². The summed E-state index contributed by atoms with van der Waals surface area (Å²) < 4.78 is 18.5. The first-order valence-corrected chi connectivity index (χ1v) is 5.52. The van der Waals surface area contributed by atoms with E-state index >= 15 is 0 Å². The molecule has 0 aliphatic carbocycles. The van der Waals surface area contributed by atoms with E-state index in [0.29, 0.717) is 12.5 Å². The molecule has 0 aromatic heterocycles. The monoisotopic (exact) mass is 210 g/mol. The maximum absolute atomic E-state index is 12.8. The van der Waals surface area contributed by atoms with Gasteiger partial charge in [-0.3, -0.25) is 0 Å². The van der Waals surface area contributed by atoms with Crippen molar-refractivity contribution in [2.75, 3.05) is 6.61 Å². The summed E-state index contributed by atoms with van der Waals surface area (Å²) in [6.07, 6.45) is 2.34. The molecular formula is C13H19FO. The summed E-state index contributed by atoms with van der Waals surface area (Å²) in [5.41, 5.74) is 0.860. The van der Waals surface area contributed by atoms with E-state index in [0.717, 1.165) is 11.3 Å². The molecule has 0 amide bonds. The molecule has 0 aliphatic rings. The number of aryl methyl sites for hydroxylation is 1. The molecule has 0 fully saturated rings. The van der Waals surface area contributed by atoms with Crippen molar-refractivity contribution in [1.29, 1.82) is 0 Å². The van der Waals surface area contributed by atoms with E-state index in [9.17, 15) is 4.39 Å². The van der Waals surface area contributed by atoms with Crippen LogP contribution in [-0.4, -0.2) is 6.61 Å². The highest BCUT2D eigenvalue weighted by Crippen LogP contribution is 2.19. The van der Waals surface area contributed by atoms with Gasteiger partial charge in [0.05, 0.1) is 6.61 Å². The van der Waals surface area contributed by atoms with Crippen LogP contribution >= 0.6 is 0 Å². The van der Waals surface area contributed by atoms with E-state index in [1.807, 2.05) is 6.92 Å². The summed E-state index contributed by atoms with van der Waals surface area (Å²) in [4.78, 5) is 0. The van der Waals surface area contributed by atoms with Crippen molar-refractivity contribution in [2.45, 2.75) is 33.6 Å². The largest absolute Gasteiger partial charge is 0.493 e. The second-order valence-corrected chi connectivity index (χ2v) is 4.11. The Balaban J connectivity index is 2.50. The van der Waals surface area contributed by atoms with Crippen LogP contribution in [-0.2, 0) is 0 Å². The zero-order chi connectivity index (χ0) is 11.3. The first-order chi connectivity index (χ1) is 7.13. The van der Waals surface area contributed by atoms with Gasteiger partial charge in [-0.2, -0.15) is 0 Å². The van der Waals surface area contributed by atoms with Gasteiger partial charge in [-0.05, 0) is 43.0 Å². The van der Waals surface area contributed by atoms with Crippen molar-refractivity contribution < 1.29 is 9.13 Å². The molecule has 84 valence electrons. The van der Waals surface area contributed by atoms with E-state index in [2.05, 4.69) is 13.8 Å². The average molecular weight is 210 g/mol. The summed E-state index contributed by atoms with van der Waals surface area (Å²) in [6.45, 7) is 6.91. The fourth-order valence-electron chi connectivity index (χ4n) is 1.58. The Morgan fingerprint density at radius 3 is 2.73 bits per heavy atom. The van der Waals surface area contributed by atoms with E-state index in [1.165, 1.54) is 25.0 Å². The molecule has 2 heteroatoms. The van der Waals surface area contributed by atoms with Crippen LogP contribution in [0.15, 0.2) is 18.2 Å². The molecule has 0 N–H and O–H groups in total. The fraction of sp³-hybridized carbons (Fsp3) is 0.538. The van der Waals surface area contributed by atoms with Crippen LogP contribution in [0.25, 0.3) is 0 Å². The van der Waals surface area contributed by atoms with Crippen LogP contribution in [0, 0.1) is 18.7 Å². The quantitative estimate of drug-likeness (QED) is 0.715. The zero-order valence-corrected chi connectivity index (χ0v) is 9.72. The first kappa shape index (κ1) is 12.0. The minimum absolute atomic E-state index is 0.207. The second kappa shape index (κ2) is 5.74. The SMILES string of the molecule is CCCC(C)COc1ccc(F)cc1C. The molecular weight excluding hydrogens is 191 g/mol. The summed E-state index contributed by atoms with van der Waals surface area (Å²) in [7, 11) is 0. The lowest BCUT2D eigenvalue weighted by atomic mass is 10.1. The van der Waals surface area contributed by atoms with E-state index in [-0.39, 0.29) is 5.82 Å². The van der Waals surface area contributed by atoms with Gasteiger partial charge in [0.1, 0.15) is 11.6 Å². The van der Waals surface area contributed by atoms with Gasteiger partial charge >= 0.3 is 0 Å². The Hall–Kier alpha value is -1.05. The van der Waals surface area contributed by atoms with E-state index in [4.69, 9.17) is 4.74 Å². The summed E-state index contributed by atoms with van der Waals surface area (Å²) in [5.74, 6) is 1.14. The maximum atomic E-state index is 12.8. The Morgan fingerprint density at radius 2 is 2.13 bits per heavy atom. The molecule has 1 aromatic rings. The van der Waals surface area contributed by atoms with Crippen molar-refractivity contribution in [3.8, 4) is 5.75 Å². The van der Waals surface area contributed by atoms with Gasteiger partial charge in [0.15, 0.2) is 0 Å². The standard InChI is InChI=1S/C13H19FO/c1-4-5-10(2)9-15-13-7-6-12(14)8-11(13)3/h6-8,10H,4-5,9H2,1-3H3. The molecule has 1 rings (SSSR count). The van der Waals surface area contributed by atoms with Crippen LogP contribution in [0.2, 0.25) is 0 Å². The highest BCUT2D eigenvalue weighted by atomic mass is 19.1. The van der Waals surface area contributed by atoms with E-state index < -0.39 is 0 Å². The lowest BCUT2D eigenvalue weighted by Crippen LogP contribution is -2.08. The predicted octanol–water partition coefficient (Wildman–Crippen LogP) is 3.95. The normalized spacial score (nSPS) is 12.5. The van der Waals surface area contributed by atoms with Gasteiger partial charge in [0.2, 0.25) is 0 Å². The molecule has 0 saturated heterocycles. The first-order valence-electron chi connectivity index (χ1n) is 5.52. The third kappa shape index (κ3) is 3.90. The summed E-state index contributed by atoms with van der Waals surface area (Å²) in [6, 6.07) is 4.63. The highest BCUT2D eigenvalue weighted by Gasteiger charge is 2.04. The van der Waals surface area contributed by atoms with Crippen LogP contribution in [0.5, 0.6) is 5.75 Å². The number of hydrogen-bond donors (Lipinski definition) is 0. The molecule has 0 heterocycles. The van der Waals surface area contributed by atoms with Gasteiger partial charge in [0.25, 0.3) is 0 Å². The zero-order valence-electron chi connectivity index (χ0n) is 9.72. The number of halogens is 1. The lowest BCUT2D eigenvalue weighted by Gasteiger charge is -2.13. The van der Waals surface area contributed by atoms with Crippen LogP contribution in [0.1, 0.15) is 32.3 Å². The van der Waals surface area contributed by atoms with Gasteiger partial charge in [-0.15, -0.1) is 0 Å². The van der Waals surface area contributed by atoms with Gasteiger partial charge in [-0.25, -0.2) is 4.39 Å². The molecule has 15 heavy (non-hydrogen) atoms. The number of rotatable bonds is 5. The topological polar surface area (TPSA) is 9.23 Å². The second-order valence-electron chi connectivity index (χ2n) is 4.11. The van der Waals surface area contributed by atoms with E-state index in [1.54, 1.807) is 6.07 Å². The molecule has 0 spiro atoms. The number of hydrogen-bond acceptors (Lipinski definition) is 1. The average Bonchev–Trinajstić information content (AvgIpc) is 2.17. The smallest absolute Gasteiger partial charge is 0.123 e. The molecule has 0 bridgehead atoms. The molecule has 1 nitrogen and oxygen atoms in total. The number of benzene rings is 1. The predicted molar refractivity (Wildman–Crippen MR) is 60.7 cm³/mol. The number of ether oxygens (including phenoxy) is 1. The van der Waals surface area contributed by atoms with Crippen molar-refractivity contribution in [3.05, 3.63) is 29.6 Å². The van der Waals surface area contributed by atoms with Crippen molar-refractivity contribution in [2.24, 2.45) is 5.92 Å². The maximum Gasteiger partial charge on any atom is 0.123 e. The fourth-order valence-corrected chi connectivity index (χ4v) is 1.58. The Labute approximate surface area is 91.3 Å². The molecule has 0 aliphatic heterocycles. The van der Waals surface area contributed by atoms with Gasteiger partial charge < -0.3 is 4.74 Å². The Bertz CT molecular complexity index is 309. The minimum Gasteiger partial charge on any atom is -0.493 e. The molecule has 1 aromatic carbocycles. The Morgan fingerprint density at radius 1 is 1.40 bits per heavy atom. The van der Waals surface area contributed by atoms with Gasteiger partial charge in [0, 0.05) is 0 Å². The highest BCUT2D eigenvalue weighted by molar-refractivity contribution is 5.32. The molecule has 1 unspecified atom stereocenters.